The maximum atomic E-state index is 10.7. The normalized spacial score (nSPS) is 22.5. The lowest BCUT2D eigenvalue weighted by molar-refractivity contribution is -0.486. The molecule has 9 heteroatoms. The highest BCUT2D eigenvalue weighted by Gasteiger charge is 2.43. The molecular weight excluding hydrogens is 278 g/mol. The summed E-state index contributed by atoms with van der Waals surface area (Å²) in [7, 11) is 0. The number of aromatic nitrogens is 1. The Kier molecular flexibility index (Phi) is 3.67. The highest BCUT2D eigenvalue weighted by atomic mass is 16.7. The van der Waals surface area contributed by atoms with E-state index in [9.17, 15) is 10.1 Å². The van der Waals surface area contributed by atoms with Gasteiger partial charge in [0.25, 0.3) is 5.96 Å². The Morgan fingerprint density at radius 1 is 1.52 bits per heavy atom. The minimum absolute atomic E-state index is 0.202. The van der Waals surface area contributed by atoms with Gasteiger partial charge >= 0.3 is 0 Å². The number of pyridine rings is 1. The number of guanidine groups is 1. The van der Waals surface area contributed by atoms with Crippen LogP contribution in [0.2, 0.25) is 0 Å². The third-order valence-electron chi connectivity index (χ3n) is 3.33. The van der Waals surface area contributed by atoms with Gasteiger partial charge in [-0.2, -0.15) is 0 Å². The summed E-state index contributed by atoms with van der Waals surface area (Å²) in [6.07, 6.45) is 3.39. The van der Waals surface area contributed by atoms with Crippen LogP contribution in [0.15, 0.2) is 29.6 Å². The number of ether oxygens (including phenoxy) is 2. The molecule has 1 spiro atoms. The molecule has 2 aliphatic rings. The standard InChI is InChI=1S/C12H15N5O4/c18-17(19)15-11-14-8-12(20-4-5-21-12)9-16(11)7-10-2-1-3-13-6-10/h1-3,6H,4-5,7-9H2,(H,14,15). The fourth-order valence-corrected chi connectivity index (χ4v) is 2.46. The molecule has 0 bridgehead atoms. The number of hydrogen-bond donors (Lipinski definition) is 1. The van der Waals surface area contributed by atoms with Crippen molar-refractivity contribution in [3.05, 3.63) is 40.2 Å². The van der Waals surface area contributed by atoms with Crippen LogP contribution in [0.1, 0.15) is 5.56 Å². The Balaban J connectivity index is 1.81. The van der Waals surface area contributed by atoms with Gasteiger partial charge in [0, 0.05) is 18.9 Å². The highest BCUT2D eigenvalue weighted by Crippen LogP contribution is 2.24. The minimum Gasteiger partial charge on any atom is -0.345 e. The van der Waals surface area contributed by atoms with E-state index in [2.05, 4.69) is 15.4 Å². The molecule has 0 amide bonds. The monoisotopic (exact) mass is 293 g/mol. The summed E-state index contributed by atoms with van der Waals surface area (Å²) < 4.78 is 11.3. The second kappa shape index (κ2) is 5.62. The SMILES string of the molecule is O=[N+]([O-])N=C1NCC2(CN1Cc1cccnc1)OCCO2. The topological polar surface area (TPSA) is 102 Å². The summed E-state index contributed by atoms with van der Waals surface area (Å²) in [4.78, 5) is 16.4. The van der Waals surface area contributed by atoms with Gasteiger partial charge in [0.05, 0.1) is 26.3 Å². The summed E-state index contributed by atoms with van der Waals surface area (Å²) in [5.41, 5.74) is 0.922. The second-order valence-corrected chi connectivity index (χ2v) is 4.84. The van der Waals surface area contributed by atoms with Crippen LogP contribution in [-0.2, 0) is 16.0 Å². The molecule has 1 aromatic heterocycles. The number of rotatable bonds is 3. The molecule has 2 fully saturated rings. The molecule has 2 saturated heterocycles. The van der Waals surface area contributed by atoms with Crippen LogP contribution < -0.4 is 5.32 Å². The van der Waals surface area contributed by atoms with E-state index < -0.39 is 10.8 Å². The van der Waals surface area contributed by atoms with Crippen molar-refractivity contribution in [2.24, 2.45) is 5.10 Å². The van der Waals surface area contributed by atoms with E-state index in [1.807, 2.05) is 12.1 Å². The van der Waals surface area contributed by atoms with Crippen LogP contribution in [0.3, 0.4) is 0 Å². The molecule has 0 saturated carbocycles. The quantitative estimate of drug-likeness (QED) is 0.607. The van der Waals surface area contributed by atoms with Gasteiger partial charge in [0.2, 0.25) is 5.79 Å². The molecule has 112 valence electrons. The van der Waals surface area contributed by atoms with Crippen molar-refractivity contribution in [1.82, 2.24) is 15.2 Å². The van der Waals surface area contributed by atoms with Gasteiger partial charge in [0.1, 0.15) is 5.10 Å². The van der Waals surface area contributed by atoms with Crippen LogP contribution in [0.25, 0.3) is 0 Å². The molecule has 1 aromatic rings. The highest BCUT2D eigenvalue weighted by molar-refractivity contribution is 5.80. The van der Waals surface area contributed by atoms with Gasteiger partial charge < -0.3 is 19.7 Å². The zero-order valence-electron chi connectivity index (χ0n) is 11.3. The lowest BCUT2D eigenvalue weighted by atomic mass is 10.2. The third kappa shape index (κ3) is 3.09. The Morgan fingerprint density at radius 2 is 2.33 bits per heavy atom. The number of nitrogens with zero attached hydrogens (tertiary/aromatic N) is 4. The van der Waals surface area contributed by atoms with Crippen LogP contribution in [0, 0.1) is 10.1 Å². The van der Waals surface area contributed by atoms with E-state index in [0.29, 0.717) is 32.8 Å². The molecule has 3 heterocycles. The van der Waals surface area contributed by atoms with Gasteiger partial charge in [-0.3, -0.25) is 4.98 Å². The first-order valence-electron chi connectivity index (χ1n) is 6.56. The first-order valence-corrected chi connectivity index (χ1v) is 6.56. The smallest absolute Gasteiger partial charge is 0.272 e. The molecule has 21 heavy (non-hydrogen) atoms. The zero-order chi connectivity index (χ0) is 14.7. The Bertz CT molecular complexity index is 544. The molecular formula is C12H15N5O4. The molecule has 3 rings (SSSR count). The molecule has 0 radical (unpaired) electrons. The van der Waals surface area contributed by atoms with E-state index in [1.54, 1.807) is 17.3 Å². The first kappa shape index (κ1) is 13.7. The van der Waals surface area contributed by atoms with E-state index in [1.165, 1.54) is 0 Å². The predicted octanol–water partition coefficient (Wildman–Crippen LogP) is -0.222. The molecule has 2 aliphatic heterocycles. The molecule has 0 unspecified atom stereocenters. The van der Waals surface area contributed by atoms with Crippen molar-refractivity contribution >= 4 is 5.96 Å². The van der Waals surface area contributed by atoms with Gasteiger partial charge in [-0.15, -0.1) is 0 Å². The lowest BCUT2D eigenvalue weighted by Crippen LogP contribution is -2.61. The average Bonchev–Trinajstić information content (AvgIpc) is 2.91. The molecule has 0 aromatic carbocycles. The van der Waals surface area contributed by atoms with Crippen LogP contribution in [-0.4, -0.2) is 53.0 Å². The maximum absolute atomic E-state index is 10.7. The predicted molar refractivity (Wildman–Crippen MR) is 71.7 cm³/mol. The van der Waals surface area contributed by atoms with Crippen molar-refractivity contribution in [1.29, 1.82) is 0 Å². The lowest BCUT2D eigenvalue weighted by Gasteiger charge is -2.39. The van der Waals surface area contributed by atoms with E-state index in [0.717, 1.165) is 5.56 Å². The molecule has 9 nitrogen and oxygen atoms in total. The summed E-state index contributed by atoms with van der Waals surface area (Å²) >= 11 is 0. The first-order chi connectivity index (χ1) is 10.2. The third-order valence-corrected chi connectivity index (χ3v) is 3.33. The van der Waals surface area contributed by atoms with Crippen molar-refractivity contribution in [2.45, 2.75) is 12.3 Å². The van der Waals surface area contributed by atoms with Gasteiger partial charge in [0.15, 0.2) is 5.03 Å². The summed E-state index contributed by atoms with van der Waals surface area (Å²) in [6, 6.07) is 3.71. The summed E-state index contributed by atoms with van der Waals surface area (Å²) in [6.45, 7) is 2.18. The number of hydrogen-bond acceptors (Lipinski definition) is 5. The Hall–Kier alpha value is -2.26. The van der Waals surface area contributed by atoms with Crippen molar-refractivity contribution in [3.8, 4) is 0 Å². The Labute approximate surface area is 120 Å². The van der Waals surface area contributed by atoms with Crippen LogP contribution in [0.5, 0.6) is 0 Å². The maximum Gasteiger partial charge on any atom is 0.272 e. The van der Waals surface area contributed by atoms with E-state index in [-0.39, 0.29) is 5.96 Å². The van der Waals surface area contributed by atoms with Gasteiger partial charge in [-0.05, 0) is 11.6 Å². The van der Waals surface area contributed by atoms with Crippen LogP contribution >= 0.6 is 0 Å². The van der Waals surface area contributed by atoms with Crippen LogP contribution in [0.4, 0.5) is 0 Å². The van der Waals surface area contributed by atoms with E-state index in [4.69, 9.17) is 9.47 Å². The van der Waals surface area contributed by atoms with Crippen molar-refractivity contribution in [2.75, 3.05) is 26.3 Å². The zero-order valence-corrected chi connectivity index (χ0v) is 11.3. The minimum atomic E-state index is -0.766. The summed E-state index contributed by atoms with van der Waals surface area (Å²) in [5.74, 6) is -0.564. The fourth-order valence-electron chi connectivity index (χ4n) is 2.46. The number of nitro groups is 1. The molecule has 1 N–H and O–H groups in total. The van der Waals surface area contributed by atoms with Gasteiger partial charge in [-0.1, -0.05) is 6.07 Å². The van der Waals surface area contributed by atoms with E-state index >= 15 is 0 Å². The largest absolute Gasteiger partial charge is 0.345 e. The van der Waals surface area contributed by atoms with Crippen molar-refractivity contribution < 1.29 is 14.5 Å². The number of nitrogens with one attached hydrogen (secondary N) is 1. The second-order valence-electron chi connectivity index (χ2n) is 4.84. The van der Waals surface area contributed by atoms with Crippen molar-refractivity contribution in [3.63, 3.8) is 0 Å². The van der Waals surface area contributed by atoms with Gasteiger partial charge in [-0.25, -0.2) is 10.1 Å². The fraction of sp³-hybridized carbons (Fsp3) is 0.500. The molecule has 0 atom stereocenters. The average molecular weight is 293 g/mol. The molecule has 0 aliphatic carbocycles. The summed E-state index contributed by atoms with van der Waals surface area (Å²) in [5, 5.41) is 16.2. The number of hydrazone groups is 1. The Morgan fingerprint density at radius 3 is 3.00 bits per heavy atom.